The Bertz CT molecular complexity index is 407. The topological polar surface area (TPSA) is 43.4 Å². The highest BCUT2D eigenvalue weighted by Gasteiger charge is 2.34. The van der Waals surface area contributed by atoms with Crippen LogP contribution in [0.15, 0.2) is 24.3 Å². The van der Waals surface area contributed by atoms with Crippen molar-refractivity contribution in [3.05, 3.63) is 30.3 Å². The van der Waals surface area contributed by atoms with Crippen LogP contribution in [-0.4, -0.2) is 13.2 Å². The van der Waals surface area contributed by atoms with Crippen molar-refractivity contribution in [1.29, 1.82) is 0 Å². The second-order valence-electron chi connectivity index (χ2n) is 3.89. The molecule has 0 saturated carbocycles. The summed E-state index contributed by atoms with van der Waals surface area (Å²) in [4.78, 5) is 0. The third-order valence-corrected chi connectivity index (χ3v) is 4.48. The Morgan fingerprint density at radius 3 is 2.33 bits per heavy atom. The van der Waals surface area contributed by atoms with E-state index in [1.54, 1.807) is 38.1 Å². The molecule has 0 spiro atoms. The van der Waals surface area contributed by atoms with Gasteiger partial charge >= 0.3 is 10.1 Å². The molecule has 0 aliphatic heterocycles. The van der Waals surface area contributed by atoms with E-state index in [2.05, 4.69) is 6.07 Å². The van der Waals surface area contributed by atoms with E-state index in [9.17, 15) is 8.42 Å². The summed E-state index contributed by atoms with van der Waals surface area (Å²) in [5, 5.41) is 0. The molecule has 0 aliphatic carbocycles. The summed E-state index contributed by atoms with van der Waals surface area (Å²) >= 11 is 0. The van der Waals surface area contributed by atoms with Crippen LogP contribution in [0.5, 0.6) is 5.75 Å². The summed E-state index contributed by atoms with van der Waals surface area (Å²) in [6.45, 7) is 5.12. The first-order valence-electron chi connectivity index (χ1n) is 4.79. The molecule has 0 N–H and O–H groups in total. The molecule has 0 aliphatic rings. The maximum atomic E-state index is 11.8. The Labute approximate surface area is 91.2 Å². The maximum Gasteiger partial charge on any atom is 0.314 e. The average Bonchev–Trinajstić information content (AvgIpc) is 2.18. The number of hydrogen-bond donors (Lipinski definition) is 0. The average molecular weight is 227 g/mol. The van der Waals surface area contributed by atoms with Gasteiger partial charge in [-0.05, 0) is 38.5 Å². The summed E-state index contributed by atoms with van der Waals surface area (Å²) < 4.78 is 27.8. The van der Waals surface area contributed by atoms with Gasteiger partial charge in [0.25, 0.3) is 0 Å². The predicted octanol–water partition coefficient (Wildman–Crippen LogP) is 2.38. The highest BCUT2D eigenvalue weighted by molar-refractivity contribution is 7.88. The van der Waals surface area contributed by atoms with Crippen molar-refractivity contribution in [2.45, 2.75) is 31.9 Å². The molecule has 83 valence electrons. The van der Waals surface area contributed by atoms with Crippen molar-refractivity contribution < 1.29 is 12.6 Å². The summed E-state index contributed by atoms with van der Waals surface area (Å²) in [5.41, 5.74) is 0. The lowest BCUT2D eigenvalue weighted by molar-refractivity contribution is 0.441. The summed E-state index contributed by atoms with van der Waals surface area (Å²) in [6.07, 6.45) is 0.508. The van der Waals surface area contributed by atoms with Gasteiger partial charge in [0.1, 0.15) is 10.5 Å². The summed E-state index contributed by atoms with van der Waals surface area (Å²) in [5.74, 6) is 0.329. The highest BCUT2D eigenvalue weighted by Crippen LogP contribution is 2.24. The molecular formula is C11H15O3S. The number of rotatable bonds is 4. The molecule has 0 fully saturated rings. The molecule has 0 heterocycles. The third-order valence-electron chi connectivity index (χ3n) is 2.42. The zero-order valence-corrected chi connectivity index (χ0v) is 9.97. The van der Waals surface area contributed by atoms with Crippen LogP contribution in [0.2, 0.25) is 0 Å². The third kappa shape index (κ3) is 2.72. The number of hydrogen-bond acceptors (Lipinski definition) is 3. The van der Waals surface area contributed by atoms with Gasteiger partial charge < -0.3 is 4.18 Å². The van der Waals surface area contributed by atoms with Crippen LogP contribution in [0.25, 0.3) is 0 Å². The van der Waals surface area contributed by atoms with Crippen molar-refractivity contribution in [3.63, 3.8) is 0 Å². The SMILES string of the molecule is CCC(C)(C)S(=O)(=O)Oc1cc[c]cc1. The van der Waals surface area contributed by atoms with Crippen molar-refractivity contribution in [3.8, 4) is 5.75 Å². The molecule has 0 saturated heterocycles. The van der Waals surface area contributed by atoms with Crippen molar-refractivity contribution in [1.82, 2.24) is 0 Å². The molecule has 0 bridgehead atoms. The van der Waals surface area contributed by atoms with Crippen molar-refractivity contribution in [2.24, 2.45) is 0 Å². The van der Waals surface area contributed by atoms with Crippen LogP contribution in [-0.2, 0) is 10.1 Å². The molecule has 15 heavy (non-hydrogen) atoms. The fourth-order valence-electron chi connectivity index (χ4n) is 0.843. The van der Waals surface area contributed by atoms with Crippen molar-refractivity contribution >= 4 is 10.1 Å². The summed E-state index contributed by atoms with van der Waals surface area (Å²) in [7, 11) is -3.58. The first-order chi connectivity index (χ1) is 6.89. The summed E-state index contributed by atoms with van der Waals surface area (Å²) in [6, 6.07) is 9.17. The minimum absolute atomic E-state index is 0.329. The minimum Gasteiger partial charge on any atom is -0.382 e. The Morgan fingerprint density at radius 2 is 1.87 bits per heavy atom. The molecule has 0 atom stereocenters. The first kappa shape index (κ1) is 12.0. The molecular weight excluding hydrogens is 212 g/mol. The van der Waals surface area contributed by atoms with Crippen LogP contribution < -0.4 is 4.18 Å². The van der Waals surface area contributed by atoms with Crippen LogP contribution in [0, 0.1) is 6.07 Å². The Hall–Kier alpha value is -1.03. The monoisotopic (exact) mass is 227 g/mol. The molecule has 3 nitrogen and oxygen atoms in total. The van der Waals surface area contributed by atoms with Gasteiger partial charge in [-0.3, -0.25) is 0 Å². The predicted molar refractivity (Wildman–Crippen MR) is 59.2 cm³/mol. The molecule has 0 unspecified atom stereocenters. The van der Waals surface area contributed by atoms with Crippen LogP contribution >= 0.6 is 0 Å². The molecule has 0 aromatic heterocycles. The van der Waals surface area contributed by atoms with E-state index in [1.807, 2.05) is 6.92 Å². The van der Waals surface area contributed by atoms with E-state index in [1.165, 1.54) is 0 Å². The lowest BCUT2D eigenvalue weighted by atomic mass is 10.1. The smallest absolute Gasteiger partial charge is 0.314 e. The van der Waals surface area contributed by atoms with Crippen LogP contribution in [0.4, 0.5) is 0 Å². The van der Waals surface area contributed by atoms with Gasteiger partial charge in [-0.15, -0.1) is 0 Å². The first-order valence-corrected chi connectivity index (χ1v) is 6.20. The minimum atomic E-state index is -3.58. The van der Waals surface area contributed by atoms with Crippen LogP contribution in [0.1, 0.15) is 27.2 Å². The second kappa shape index (κ2) is 4.23. The Morgan fingerprint density at radius 1 is 1.33 bits per heavy atom. The second-order valence-corrected chi connectivity index (χ2v) is 6.07. The maximum absolute atomic E-state index is 11.8. The molecule has 1 aromatic rings. The van der Waals surface area contributed by atoms with E-state index in [0.29, 0.717) is 12.2 Å². The fraction of sp³-hybridized carbons (Fsp3) is 0.455. The van der Waals surface area contributed by atoms with E-state index in [-0.39, 0.29) is 0 Å². The van der Waals surface area contributed by atoms with E-state index < -0.39 is 14.9 Å². The Kier molecular flexibility index (Phi) is 3.39. The zero-order chi connectivity index (χ0) is 11.5. The van der Waals surface area contributed by atoms with Gasteiger partial charge in [0.15, 0.2) is 0 Å². The van der Waals surface area contributed by atoms with E-state index >= 15 is 0 Å². The van der Waals surface area contributed by atoms with Crippen molar-refractivity contribution in [2.75, 3.05) is 0 Å². The fourth-order valence-corrected chi connectivity index (χ4v) is 1.79. The normalized spacial score (nSPS) is 12.5. The lowest BCUT2D eigenvalue weighted by Crippen LogP contribution is -2.34. The van der Waals surface area contributed by atoms with Gasteiger partial charge in [-0.2, -0.15) is 8.42 Å². The molecule has 1 radical (unpaired) electrons. The zero-order valence-electron chi connectivity index (χ0n) is 9.15. The molecule has 4 heteroatoms. The quantitative estimate of drug-likeness (QED) is 0.742. The van der Waals surface area contributed by atoms with Crippen LogP contribution in [0.3, 0.4) is 0 Å². The van der Waals surface area contributed by atoms with Gasteiger partial charge in [0, 0.05) is 0 Å². The van der Waals surface area contributed by atoms with E-state index in [4.69, 9.17) is 4.18 Å². The van der Waals surface area contributed by atoms with Gasteiger partial charge in [-0.25, -0.2) is 0 Å². The highest BCUT2D eigenvalue weighted by atomic mass is 32.2. The molecule has 1 rings (SSSR count). The molecule has 0 amide bonds. The lowest BCUT2D eigenvalue weighted by Gasteiger charge is -2.22. The Balaban J connectivity index is 2.92. The standard InChI is InChI=1S/C11H15O3S/c1-4-11(2,3)15(12,13)14-10-8-6-5-7-9-10/h6-9H,4H2,1-3H3. The number of benzene rings is 1. The van der Waals surface area contributed by atoms with Gasteiger partial charge in [-0.1, -0.05) is 19.1 Å². The van der Waals surface area contributed by atoms with E-state index in [0.717, 1.165) is 0 Å². The van der Waals surface area contributed by atoms with Gasteiger partial charge in [0.05, 0.1) is 0 Å². The van der Waals surface area contributed by atoms with Gasteiger partial charge in [0.2, 0.25) is 0 Å². The largest absolute Gasteiger partial charge is 0.382 e. The molecule has 1 aromatic carbocycles.